The summed E-state index contributed by atoms with van der Waals surface area (Å²) in [6.07, 6.45) is 5.90. The van der Waals surface area contributed by atoms with Gasteiger partial charge in [0.05, 0.1) is 14.2 Å². The zero-order valence-electron chi connectivity index (χ0n) is 21.1. The Bertz CT molecular complexity index is 1140. The fourth-order valence-electron chi connectivity index (χ4n) is 5.72. The van der Waals surface area contributed by atoms with E-state index in [0.717, 1.165) is 44.1 Å². The fraction of sp³-hybridized carbons (Fsp3) is 0.464. The van der Waals surface area contributed by atoms with Crippen molar-refractivity contribution < 1.29 is 28.6 Å². The Kier molecular flexibility index (Phi) is 7.33. The molecule has 2 aliphatic heterocycles. The number of benzene rings is 2. The molecule has 37 heavy (non-hydrogen) atoms. The molecule has 0 bridgehead atoms. The number of fused-ring (bicyclic) bond motifs is 1. The van der Waals surface area contributed by atoms with Gasteiger partial charge in [-0.25, -0.2) is 4.79 Å². The van der Waals surface area contributed by atoms with Crippen molar-refractivity contribution in [2.24, 2.45) is 0 Å². The van der Waals surface area contributed by atoms with Crippen LogP contribution in [0.4, 0.5) is 0 Å². The van der Waals surface area contributed by atoms with Crippen molar-refractivity contribution in [3.8, 4) is 11.5 Å². The van der Waals surface area contributed by atoms with E-state index in [1.165, 1.54) is 14.2 Å². The summed E-state index contributed by atoms with van der Waals surface area (Å²) in [5.41, 5.74) is 1.14. The number of hydrogen-bond donors (Lipinski definition) is 1. The van der Waals surface area contributed by atoms with Crippen molar-refractivity contribution in [1.82, 2.24) is 10.2 Å². The van der Waals surface area contributed by atoms with Crippen molar-refractivity contribution in [3.63, 3.8) is 0 Å². The van der Waals surface area contributed by atoms with Crippen molar-refractivity contribution >= 4 is 29.5 Å². The number of amides is 2. The quantitative estimate of drug-likeness (QED) is 0.433. The van der Waals surface area contributed by atoms with Crippen LogP contribution in [0.5, 0.6) is 11.5 Å². The number of nitrogens with one attached hydrogen (secondary N) is 1. The standard InChI is InChI=1S/C28H32N2O6S/c1-34-19-13-10-14-20(35-2)21(19)24(31)29-22-25(32)30-23(27(33)36-17-18-11-6-5-7-12-18)28(37-26(22)30)15-8-3-4-9-16-28/h5-7,10-14,22-23,26H,3-4,8-9,15-17H2,1-2H3,(H,29,31)/t22?,23?,26-/m0/s1. The topological polar surface area (TPSA) is 94.2 Å². The molecule has 1 spiro atoms. The zero-order valence-corrected chi connectivity index (χ0v) is 21.9. The lowest BCUT2D eigenvalue weighted by Crippen LogP contribution is -2.71. The molecule has 3 aliphatic rings. The van der Waals surface area contributed by atoms with E-state index in [-0.39, 0.29) is 29.4 Å². The van der Waals surface area contributed by atoms with Crippen LogP contribution in [0.2, 0.25) is 0 Å². The Morgan fingerprint density at radius 1 is 0.973 bits per heavy atom. The van der Waals surface area contributed by atoms with Gasteiger partial charge in [-0.05, 0) is 30.5 Å². The summed E-state index contributed by atoms with van der Waals surface area (Å²) in [5.74, 6) is -0.352. The summed E-state index contributed by atoms with van der Waals surface area (Å²) in [4.78, 5) is 41.9. The first-order valence-corrected chi connectivity index (χ1v) is 13.6. The average Bonchev–Trinajstić information content (AvgIpc) is 3.03. The van der Waals surface area contributed by atoms with Crippen molar-refractivity contribution in [3.05, 3.63) is 59.7 Å². The van der Waals surface area contributed by atoms with Gasteiger partial charge in [-0.3, -0.25) is 9.59 Å². The molecular weight excluding hydrogens is 492 g/mol. The van der Waals surface area contributed by atoms with E-state index >= 15 is 0 Å². The minimum Gasteiger partial charge on any atom is -0.496 e. The molecule has 3 atom stereocenters. The number of ether oxygens (including phenoxy) is 3. The number of thioether (sulfide) groups is 1. The summed E-state index contributed by atoms with van der Waals surface area (Å²) in [5, 5.41) is 2.57. The van der Waals surface area contributed by atoms with E-state index in [4.69, 9.17) is 14.2 Å². The minimum absolute atomic E-state index is 0.164. The number of nitrogens with zero attached hydrogens (tertiary/aromatic N) is 1. The van der Waals surface area contributed by atoms with E-state index in [9.17, 15) is 14.4 Å². The van der Waals surface area contributed by atoms with E-state index < -0.39 is 22.7 Å². The van der Waals surface area contributed by atoms with Crippen LogP contribution < -0.4 is 14.8 Å². The van der Waals surface area contributed by atoms with Gasteiger partial charge >= 0.3 is 5.97 Å². The third kappa shape index (κ3) is 4.65. The van der Waals surface area contributed by atoms with Crippen LogP contribution in [-0.2, 0) is 20.9 Å². The Labute approximate surface area is 221 Å². The highest BCUT2D eigenvalue weighted by Crippen LogP contribution is 2.56. The number of esters is 1. The van der Waals surface area contributed by atoms with E-state index in [2.05, 4.69) is 5.32 Å². The fourth-order valence-corrected chi connectivity index (χ4v) is 7.72. The molecule has 2 unspecified atom stereocenters. The second-order valence-corrected chi connectivity index (χ2v) is 11.2. The summed E-state index contributed by atoms with van der Waals surface area (Å²) < 4.78 is 16.1. The van der Waals surface area contributed by atoms with E-state index in [0.29, 0.717) is 11.5 Å². The van der Waals surface area contributed by atoms with Gasteiger partial charge in [-0.15, -0.1) is 11.8 Å². The molecule has 1 aliphatic carbocycles. The number of carbonyl (C=O) groups is 3. The molecule has 3 fully saturated rings. The van der Waals surface area contributed by atoms with Gasteiger partial charge in [0.25, 0.3) is 5.91 Å². The maximum atomic E-state index is 13.5. The normalized spacial score (nSPS) is 24.0. The molecule has 2 heterocycles. The molecular formula is C28H32N2O6S. The van der Waals surface area contributed by atoms with Crippen molar-refractivity contribution in [2.45, 2.75) is 67.3 Å². The molecule has 8 nitrogen and oxygen atoms in total. The first-order valence-electron chi connectivity index (χ1n) is 12.7. The van der Waals surface area contributed by atoms with Crippen LogP contribution in [0.15, 0.2) is 48.5 Å². The first kappa shape index (κ1) is 25.4. The zero-order chi connectivity index (χ0) is 26.0. The number of rotatable bonds is 7. The van der Waals surface area contributed by atoms with Crippen LogP contribution in [0.25, 0.3) is 0 Å². The molecule has 2 aromatic carbocycles. The van der Waals surface area contributed by atoms with Crippen LogP contribution in [-0.4, -0.2) is 59.1 Å². The SMILES string of the molecule is COc1cccc(OC)c1C(=O)NC1C(=O)N2C(C(=O)OCc3ccccc3)C3(CCCCCC3)S[C@@H]12. The molecule has 5 rings (SSSR count). The van der Waals surface area contributed by atoms with Gasteiger partial charge < -0.3 is 24.4 Å². The highest BCUT2D eigenvalue weighted by atomic mass is 32.2. The molecule has 0 aromatic heterocycles. The average molecular weight is 525 g/mol. The van der Waals surface area contributed by atoms with E-state index in [1.807, 2.05) is 30.3 Å². The largest absolute Gasteiger partial charge is 0.496 e. The van der Waals surface area contributed by atoms with Gasteiger partial charge in [0, 0.05) is 4.75 Å². The second kappa shape index (κ2) is 10.7. The van der Waals surface area contributed by atoms with Gasteiger partial charge in [-0.2, -0.15) is 0 Å². The first-order chi connectivity index (χ1) is 18.0. The molecule has 2 amide bonds. The number of hydrogen-bond acceptors (Lipinski definition) is 7. The number of methoxy groups -OCH3 is 2. The Morgan fingerprint density at radius 2 is 1.62 bits per heavy atom. The lowest BCUT2D eigenvalue weighted by molar-refractivity contribution is -0.165. The number of β-lactam (4-membered cyclic amide) rings is 1. The second-order valence-electron chi connectivity index (χ2n) is 9.72. The minimum atomic E-state index is -0.737. The lowest BCUT2D eigenvalue weighted by Gasteiger charge is -2.44. The molecule has 9 heteroatoms. The Balaban J connectivity index is 1.37. The monoisotopic (exact) mass is 524 g/mol. The molecule has 2 saturated heterocycles. The smallest absolute Gasteiger partial charge is 0.330 e. The molecule has 0 radical (unpaired) electrons. The summed E-state index contributed by atoms with van der Waals surface area (Å²) in [7, 11) is 2.96. The summed E-state index contributed by atoms with van der Waals surface area (Å²) in [6.45, 7) is 0.164. The van der Waals surface area contributed by atoms with Crippen LogP contribution in [0.3, 0.4) is 0 Å². The van der Waals surface area contributed by atoms with E-state index in [1.54, 1.807) is 34.9 Å². The van der Waals surface area contributed by atoms with Gasteiger partial charge in [-0.1, -0.05) is 62.1 Å². The summed E-state index contributed by atoms with van der Waals surface area (Å²) in [6, 6.07) is 13.2. The highest BCUT2D eigenvalue weighted by molar-refractivity contribution is 8.01. The lowest BCUT2D eigenvalue weighted by atomic mass is 9.87. The highest BCUT2D eigenvalue weighted by Gasteiger charge is 2.67. The number of carbonyl (C=O) groups excluding carboxylic acids is 3. The van der Waals surface area contributed by atoms with Gasteiger partial charge in [0.2, 0.25) is 5.91 Å². The summed E-state index contributed by atoms with van der Waals surface area (Å²) >= 11 is 1.65. The van der Waals surface area contributed by atoms with Crippen LogP contribution in [0.1, 0.15) is 54.4 Å². The van der Waals surface area contributed by atoms with Gasteiger partial charge in [0.1, 0.15) is 41.1 Å². The predicted molar refractivity (Wildman–Crippen MR) is 139 cm³/mol. The van der Waals surface area contributed by atoms with Crippen LogP contribution in [0, 0.1) is 0 Å². The Morgan fingerprint density at radius 3 is 2.24 bits per heavy atom. The molecule has 196 valence electrons. The third-order valence-electron chi connectivity index (χ3n) is 7.55. The van der Waals surface area contributed by atoms with Crippen molar-refractivity contribution in [2.75, 3.05) is 14.2 Å². The van der Waals surface area contributed by atoms with Gasteiger partial charge in [0.15, 0.2) is 0 Å². The molecule has 2 aromatic rings. The predicted octanol–water partition coefficient (Wildman–Crippen LogP) is 3.92. The maximum Gasteiger partial charge on any atom is 0.330 e. The maximum absolute atomic E-state index is 13.5. The molecule has 1 saturated carbocycles. The Hall–Kier alpha value is -3.20. The van der Waals surface area contributed by atoms with Crippen molar-refractivity contribution in [1.29, 1.82) is 0 Å². The molecule has 1 N–H and O–H groups in total. The van der Waals surface area contributed by atoms with Crippen LogP contribution >= 0.6 is 11.8 Å². The third-order valence-corrected chi connectivity index (χ3v) is 9.39.